The summed E-state index contributed by atoms with van der Waals surface area (Å²) in [6, 6.07) is 6.52. The Morgan fingerprint density at radius 1 is 1.09 bits per heavy atom. The summed E-state index contributed by atoms with van der Waals surface area (Å²) in [5.74, 6) is -0.233. The first kappa shape index (κ1) is 15.8. The van der Waals surface area contributed by atoms with Crippen LogP contribution >= 0.6 is 11.6 Å². The molecule has 1 fully saturated rings. The minimum atomic E-state index is -0.288. The zero-order valence-corrected chi connectivity index (χ0v) is 13.6. The number of aryl methyl sites for hydroxylation is 1. The van der Waals surface area contributed by atoms with E-state index < -0.39 is 0 Å². The lowest BCUT2D eigenvalue weighted by Crippen LogP contribution is -2.32. The molecule has 0 saturated carbocycles. The van der Waals surface area contributed by atoms with Gasteiger partial charge in [-0.15, -0.1) is 0 Å². The zero-order valence-electron chi connectivity index (χ0n) is 12.9. The van der Waals surface area contributed by atoms with Crippen LogP contribution in [0.2, 0.25) is 5.02 Å². The molecule has 0 aliphatic carbocycles. The van der Waals surface area contributed by atoms with E-state index >= 15 is 0 Å². The molecule has 1 aromatic heterocycles. The third-order valence-electron chi connectivity index (χ3n) is 4.09. The predicted octanol–water partition coefficient (Wildman–Crippen LogP) is 2.29. The second-order valence-corrected chi connectivity index (χ2v) is 5.95. The molecule has 1 saturated heterocycles. The van der Waals surface area contributed by atoms with Gasteiger partial charge < -0.3 is 9.80 Å². The van der Waals surface area contributed by atoms with Crippen molar-refractivity contribution < 1.29 is 4.39 Å². The van der Waals surface area contributed by atoms with Crippen LogP contribution in [0.15, 0.2) is 35.3 Å². The summed E-state index contributed by atoms with van der Waals surface area (Å²) < 4.78 is 14.3. The summed E-state index contributed by atoms with van der Waals surface area (Å²) in [6.07, 6.45) is 2.56. The number of hydrogen-bond donors (Lipinski definition) is 0. The molecule has 0 atom stereocenters. The van der Waals surface area contributed by atoms with Crippen molar-refractivity contribution in [2.45, 2.75) is 6.42 Å². The van der Waals surface area contributed by atoms with Crippen molar-refractivity contribution in [3.05, 3.63) is 51.7 Å². The van der Waals surface area contributed by atoms with Gasteiger partial charge in [0.05, 0.1) is 11.9 Å². The van der Waals surface area contributed by atoms with Gasteiger partial charge in [-0.05, 0) is 30.7 Å². The molecule has 1 aliphatic rings. The first-order chi connectivity index (χ1) is 11.1. The molecule has 5 nitrogen and oxygen atoms in total. The van der Waals surface area contributed by atoms with E-state index in [0.29, 0.717) is 5.69 Å². The van der Waals surface area contributed by atoms with E-state index in [0.717, 1.165) is 38.3 Å². The van der Waals surface area contributed by atoms with Gasteiger partial charge in [-0.25, -0.2) is 9.07 Å². The predicted molar refractivity (Wildman–Crippen MR) is 89.9 cm³/mol. The van der Waals surface area contributed by atoms with E-state index in [9.17, 15) is 9.18 Å². The lowest BCUT2D eigenvalue weighted by molar-refractivity contribution is 0.627. The molecule has 0 spiro atoms. The highest BCUT2D eigenvalue weighted by molar-refractivity contribution is 6.33. The smallest absolute Gasteiger partial charge is 0.287 e. The van der Waals surface area contributed by atoms with Gasteiger partial charge in [0.15, 0.2) is 0 Å². The third kappa shape index (κ3) is 3.32. The molecule has 2 aromatic rings. The Hall–Kier alpha value is -2.08. The van der Waals surface area contributed by atoms with Crippen LogP contribution < -0.4 is 15.4 Å². The maximum absolute atomic E-state index is 13.1. The van der Waals surface area contributed by atoms with Gasteiger partial charge in [0, 0.05) is 38.9 Å². The maximum Gasteiger partial charge on any atom is 0.287 e. The van der Waals surface area contributed by atoms with Gasteiger partial charge in [-0.1, -0.05) is 11.6 Å². The van der Waals surface area contributed by atoms with Crippen LogP contribution in [-0.2, 0) is 7.05 Å². The van der Waals surface area contributed by atoms with Crippen LogP contribution in [0.25, 0.3) is 0 Å². The summed E-state index contributed by atoms with van der Waals surface area (Å²) in [4.78, 5) is 16.2. The molecule has 0 unspecified atom stereocenters. The maximum atomic E-state index is 13.1. The normalized spacial score (nSPS) is 15.6. The molecule has 0 radical (unpaired) electrons. The van der Waals surface area contributed by atoms with Crippen LogP contribution in [0, 0.1) is 5.82 Å². The first-order valence-corrected chi connectivity index (χ1v) is 7.91. The molecule has 0 amide bonds. The fourth-order valence-electron chi connectivity index (χ4n) is 2.79. The average molecular weight is 337 g/mol. The SMILES string of the molecule is Cn1ncc(N2CCCN(c3ccc(F)cc3)CC2)c(Cl)c1=O. The third-order valence-corrected chi connectivity index (χ3v) is 4.44. The zero-order chi connectivity index (χ0) is 16.4. The lowest BCUT2D eigenvalue weighted by Gasteiger charge is -2.25. The number of rotatable bonds is 2. The van der Waals surface area contributed by atoms with Crippen molar-refractivity contribution in [2.75, 3.05) is 36.0 Å². The molecule has 0 N–H and O–H groups in total. The molecular weight excluding hydrogens is 319 g/mol. The summed E-state index contributed by atoms with van der Waals surface area (Å²) in [6.45, 7) is 3.17. The Morgan fingerprint density at radius 2 is 1.74 bits per heavy atom. The van der Waals surface area contributed by atoms with E-state index in [1.165, 1.54) is 16.8 Å². The topological polar surface area (TPSA) is 41.4 Å². The van der Waals surface area contributed by atoms with Gasteiger partial charge in [0.1, 0.15) is 10.8 Å². The minimum absolute atomic E-state index is 0.206. The summed E-state index contributed by atoms with van der Waals surface area (Å²) in [7, 11) is 1.58. The Labute approximate surface area is 138 Å². The Bertz CT molecular complexity index is 747. The Balaban J connectivity index is 1.77. The number of benzene rings is 1. The number of aromatic nitrogens is 2. The standard InChI is InChI=1S/C16H18ClFN4O/c1-20-16(23)15(17)14(11-19-20)22-8-2-7-21(9-10-22)13-5-3-12(18)4-6-13/h3-6,11H,2,7-10H2,1H3. The number of hydrogen-bond acceptors (Lipinski definition) is 4. The van der Waals surface area contributed by atoms with Gasteiger partial charge in [0.2, 0.25) is 0 Å². The number of halogens is 2. The van der Waals surface area contributed by atoms with E-state index in [1.54, 1.807) is 25.4 Å². The molecular formula is C16H18ClFN4O. The average Bonchev–Trinajstić information content (AvgIpc) is 2.80. The summed E-state index contributed by atoms with van der Waals surface area (Å²) >= 11 is 6.19. The summed E-state index contributed by atoms with van der Waals surface area (Å²) in [5, 5.41) is 4.26. The Kier molecular flexibility index (Phi) is 4.52. The minimum Gasteiger partial charge on any atom is -0.370 e. The van der Waals surface area contributed by atoms with Crippen molar-refractivity contribution in [1.29, 1.82) is 0 Å². The van der Waals surface area contributed by atoms with E-state index in [1.807, 2.05) is 0 Å². The lowest BCUT2D eigenvalue weighted by atomic mass is 10.2. The Morgan fingerprint density at radius 3 is 2.48 bits per heavy atom. The number of anilines is 2. The molecule has 2 heterocycles. The quantitative estimate of drug-likeness (QED) is 0.844. The molecule has 1 aliphatic heterocycles. The van der Waals surface area contributed by atoms with Crippen molar-refractivity contribution in [1.82, 2.24) is 9.78 Å². The largest absolute Gasteiger partial charge is 0.370 e. The molecule has 1 aromatic carbocycles. The fraction of sp³-hybridized carbons (Fsp3) is 0.375. The van der Waals surface area contributed by atoms with Crippen molar-refractivity contribution >= 4 is 23.0 Å². The van der Waals surface area contributed by atoms with E-state index in [2.05, 4.69) is 14.9 Å². The van der Waals surface area contributed by atoms with Crippen LogP contribution in [-0.4, -0.2) is 36.0 Å². The van der Waals surface area contributed by atoms with Gasteiger partial charge in [-0.2, -0.15) is 5.10 Å². The highest BCUT2D eigenvalue weighted by Gasteiger charge is 2.19. The molecule has 7 heteroatoms. The molecule has 122 valence electrons. The van der Waals surface area contributed by atoms with Gasteiger partial charge >= 0.3 is 0 Å². The van der Waals surface area contributed by atoms with E-state index in [-0.39, 0.29) is 16.4 Å². The van der Waals surface area contributed by atoms with Crippen LogP contribution in [0.4, 0.5) is 15.8 Å². The van der Waals surface area contributed by atoms with Gasteiger partial charge in [0.25, 0.3) is 5.56 Å². The van der Waals surface area contributed by atoms with Crippen molar-refractivity contribution in [2.24, 2.45) is 7.05 Å². The van der Waals surface area contributed by atoms with Crippen molar-refractivity contribution in [3.63, 3.8) is 0 Å². The van der Waals surface area contributed by atoms with E-state index in [4.69, 9.17) is 11.6 Å². The monoisotopic (exact) mass is 336 g/mol. The van der Waals surface area contributed by atoms with Gasteiger partial charge in [-0.3, -0.25) is 4.79 Å². The second-order valence-electron chi connectivity index (χ2n) is 5.58. The highest BCUT2D eigenvalue weighted by Crippen LogP contribution is 2.24. The molecule has 23 heavy (non-hydrogen) atoms. The highest BCUT2D eigenvalue weighted by atomic mass is 35.5. The van der Waals surface area contributed by atoms with Crippen LogP contribution in [0.3, 0.4) is 0 Å². The fourth-order valence-corrected chi connectivity index (χ4v) is 3.08. The first-order valence-electron chi connectivity index (χ1n) is 7.53. The van der Waals surface area contributed by atoms with Crippen molar-refractivity contribution in [3.8, 4) is 0 Å². The van der Waals surface area contributed by atoms with Crippen LogP contribution in [0.1, 0.15) is 6.42 Å². The van der Waals surface area contributed by atoms with Crippen LogP contribution in [0.5, 0.6) is 0 Å². The molecule has 0 bridgehead atoms. The number of nitrogens with zero attached hydrogens (tertiary/aromatic N) is 4. The second kappa shape index (κ2) is 6.58. The summed E-state index contributed by atoms with van der Waals surface area (Å²) in [5.41, 5.74) is 1.39. The molecule has 3 rings (SSSR count).